The third kappa shape index (κ3) is 6.65. The van der Waals surface area contributed by atoms with Crippen LogP contribution in [0.4, 0.5) is 0 Å². The maximum atomic E-state index is 12.2. The molecule has 2 unspecified atom stereocenters. The van der Waals surface area contributed by atoms with Crippen LogP contribution in [0.2, 0.25) is 0 Å². The van der Waals surface area contributed by atoms with Crippen LogP contribution in [-0.2, 0) is 13.6 Å². The molecule has 1 radical (unpaired) electrons. The Bertz CT molecular complexity index is 272. The monoisotopic (exact) mass is 305 g/mol. The molecule has 0 aromatic rings. The van der Waals surface area contributed by atoms with E-state index in [-0.39, 0.29) is 0 Å². The Morgan fingerprint density at radius 2 is 1.15 bits per heavy atom. The lowest BCUT2D eigenvalue weighted by Crippen LogP contribution is -2.33. The molecule has 0 rings (SSSR count). The van der Waals surface area contributed by atoms with Gasteiger partial charge in [0.2, 0.25) is 0 Å². The summed E-state index contributed by atoms with van der Waals surface area (Å²) in [6, 6.07) is 0. The summed E-state index contributed by atoms with van der Waals surface area (Å²) in [7, 11) is -2.09. The van der Waals surface area contributed by atoms with Gasteiger partial charge in [-0.25, -0.2) is 4.57 Å². The van der Waals surface area contributed by atoms with Crippen molar-refractivity contribution in [3.05, 3.63) is 0 Å². The lowest BCUT2D eigenvalue weighted by Gasteiger charge is -2.34. The van der Waals surface area contributed by atoms with Gasteiger partial charge in [-0.2, -0.15) is 0 Å². The summed E-state index contributed by atoms with van der Waals surface area (Å²) >= 11 is 0. The molecule has 20 heavy (non-hydrogen) atoms. The van der Waals surface area contributed by atoms with Crippen LogP contribution >= 0.6 is 8.25 Å². The summed E-state index contributed by atoms with van der Waals surface area (Å²) in [5, 5.41) is 0. The van der Waals surface area contributed by atoms with E-state index in [1.165, 1.54) is 0 Å². The fraction of sp³-hybridized carbons (Fsp3) is 1.00. The Morgan fingerprint density at radius 3 is 1.40 bits per heavy atom. The van der Waals surface area contributed by atoms with E-state index >= 15 is 0 Å². The van der Waals surface area contributed by atoms with Crippen molar-refractivity contribution >= 4 is 8.25 Å². The number of rotatable bonds is 10. The first-order valence-electron chi connectivity index (χ1n) is 7.92. The molecule has 0 aromatic heterocycles. The quantitative estimate of drug-likeness (QED) is 0.457. The molecule has 0 N–H and O–H groups in total. The smallest absolute Gasteiger partial charge is 0.276 e. The van der Waals surface area contributed by atoms with Crippen molar-refractivity contribution < 1.29 is 13.6 Å². The van der Waals surface area contributed by atoms with Crippen molar-refractivity contribution in [1.29, 1.82) is 0 Å². The summed E-state index contributed by atoms with van der Waals surface area (Å²) in [4.78, 5) is 0. The van der Waals surface area contributed by atoms with Crippen LogP contribution < -0.4 is 0 Å². The molecule has 2 atom stereocenters. The topological polar surface area (TPSA) is 35.5 Å². The first kappa shape index (κ1) is 20.0. The Balaban J connectivity index is 4.55. The first-order valence-corrected chi connectivity index (χ1v) is 9.01. The highest BCUT2D eigenvalue weighted by Crippen LogP contribution is 2.42. The average molecular weight is 305 g/mol. The molecule has 0 saturated heterocycles. The van der Waals surface area contributed by atoms with Gasteiger partial charge < -0.3 is 0 Å². The first-order chi connectivity index (χ1) is 9.06. The molecule has 0 bridgehead atoms. The van der Waals surface area contributed by atoms with E-state index in [2.05, 4.69) is 27.7 Å². The van der Waals surface area contributed by atoms with Gasteiger partial charge in [0, 0.05) is 0 Å². The maximum Gasteiger partial charge on any atom is 0.369 e. The fourth-order valence-electron chi connectivity index (χ4n) is 2.14. The Morgan fingerprint density at radius 1 is 0.850 bits per heavy atom. The van der Waals surface area contributed by atoms with Gasteiger partial charge in [0.15, 0.2) is 0 Å². The highest BCUT2D eigenvalue weighted by atomic mass is 31.1. The SMILES string of the molecule is CCCC(C)C(C)(C)O[P](=O)OC(C)(C)C(C)CCC. The van der Waals surface area contributed by atoms with E-state index in [1.807, 2.05) is 27.7 Å². The molecule has 0 fully saturated rings. The minimum atomic E-state index is -2.09. The summed E-state index contributed by atoms with van der Waals surface area (Å²) in [5.74, 6) is 0.706. The highest BCUT2D eigenvalue weighted by Gasteiger charge is 2.34. The van der Waals surface area contributed by atoms with Crippen molar-refractivity contribution in [1.82, 2.24) is 0 Å². The normalized spacial score (nSPS) is 16.9. The predicted octanol–water partition coefficient (Wildman–Crippen LogP) is 6.11. The fourth-order valence-corrected chi connectivity index (χ4v) is 3.31. The van der Waals surface area contributed by atoms with E-state index in [0.717, 1.165) is 25.7 Å². The van der Waals surface area contributed by atoms with Crippen LogP contribution in [0.3, 0.4) is 0 Å². The lowest BCUT2D eigenvalue weighted by atomic mass is 9.89. The van der Waals surface area contributed by atoms with E-state index in [0.29, 0.717) is 11.8 Å². The molecule has 0 aliphatic heterocycles. The van der Waals surface area contributed by atoms with Crippen LogP contribution in [0.1, 0.15) is 81.1 Å². The molecular weight excluding hydrogens is 271 g/mol. The maximum absolute atomic E-state index is 12.2. The van der Waals surface area contributed by atoms with Crippen LogP contribution in [0.15, 0.2) is 0 Å². The zero-order valence-electron chi connectivity index (χ0n) is 14.7. The van der Waals surface area contributed by atoms with E-state index in [9.17, 15) is 4.57 Å². The highest BCUT2D eigenvalue weighted by molar-refractivity contribution is 7.33. The van der Waals surface area contributed by atoms with Crippen LogP contribution in [0.5, 0.6) is 0 Å². The molecule has 3 nitrogen and oxygen atoms in total. The third-order valence-corrected chi connectivity index (χ3v) is 5.68. The second-order valence-corrected chi connectivity index (χ2v) is 7.80. The standard InChI is InChI=1S/C16H34O3P/c1-9-11-13(3)15(5,6)18-20(17)19-16(7,8)14(4)12-10-2/h13-14H,9-12H2,1-8H3. The number of hydrogen-bond acceptors (Lipinski definition) is 3. The van der Waals surface area contributed by atoms with E-state index in [1.54, 1.807) is 0 Å². The van der Waals surface area contributed by atoms with Crippen LogP contribution in [0.25, 0.3) is 0 Å². The summed E-state index contributed by atoms with van der Waals surface area (Å²) in [5.41, 5.74) is -0.846. The lowest BCUT2D eigenvalue weighted by molar-refractivity contribution is -0.00593. The van der Waals surface area contributed by atoms with E-state index < -0.39 is 19.5 Å². The third-order valence-electron chi connectivity index (χ3n) is 4.44. The Kier molecular flexibility index (Phi) is 8.47. The molecule has 0 spiro atoms. The zero-order chi connectivity index (χ0) is 16.0. The van der Waals surface area contributed by atoms with Crippen LogP contribution in [-0.4, -0.2) is 11.2 Å². The molecule has 0 saturated carbocycles. The van der Waals surface area contributed by atoms with Gasteiger partial charge in [0.1, 0.15) is 0 Å². The van der Waals surface area contributed by atoms with Crippen molar-refractivity contribution in [3.63, 3.8) is 0 Å². The summed E-state index contributed by atoms with van der Waals surface area (Å²) < 4.78 is 23.6. The van der Waals surface area contributed by atoms with Gasteiger partial charge >= 0.3 is 8.25 Å². The Labute approximate surface area is 126 Å². The predicted molar refractivity (Wildman–Crippen MR) is 86.1 cm³/mol. The zero-order valence-corrected chi connectivity index (χ0v) is 15.5. The van der Waals surface area contributed by atoms with Gasteiger partial charge in [-0.3, -0.25) is 9.05 Å². The van der Waals surface area contributed by atoms with Crippen molar-refractivity contribution in [3.8, 4) is 0 Å². The molecule has 0 heterocycles. The number of hydrogen-bond donors (Lipinski definition) is 0. The van der Waals surface area contributed by atoms with Crippen molar-refractivity contribution in [2.75, 3.05) is 0 Å². The molecule has 0 amide bonds. The second-order valence-electron chi connectivity index (χ2n) is 6.99. The van der Waals surface area contributed by atoms with E-state index in [4.69, 9.17) is 9.05 Å². The van der Waals surface area contributed by atoms with Gasteiger partial charge in [-0.15, -0.1) is 0 Å². The van der Waals surface area contributed by atoms with Gasteiger partial charge in [-0.1, -0.05) is 40.5 Å². The van der Waals surface area contributed by atoms with Crippen LogP contribution in [0, 0.1) is 11.8 Å². The van der Waals surface area contributed by atoms with Gasteiger partial charge in [-0.05, 0) is 52.4 Å². The minimum Gasteiger partial charge on any atom is -0.276 e. The molecule has 121 valence electrons. The van der Waals surface area contributed by atoms with Gasteiger partial charge in [0.05, 0.1) is 11.2 Å². The van der Waals surface area contributed by atoms with Gasteiger partial charge in [0.25, 0.3) is 0 Å². The molecule has 0 aliphatic carbocycles. The molecule has 4 heteroatoms. The second kappa shape index (κ2) is 8.46. The molecular formula is C16H34O3P. The molecule has 0 aromatic carbocycles. The van der Waals surface area contributed by atoms with Crippen molar-refractivity contribution in [2.45, 2.75) is 92.3 Å². The van der Waals surface area contributed by atoms with Crippen molar-refractivity contribution in [2.24, 2.45) is 11.8 Å². The molecule has 0 aliphatic rings. The minimum absolute atomic E-state index is 0.353. The largest absolute Gasteiger partial charge is 0.369 e. The summed E-state index contributed by atoms with van der Waals surface area (Å²) in [6.07, 6.45) is 4.33. The Hall–Kier alpha value is 0.0200. The average Bonchev–Trinajstić information content (AvgIpc) is 2.27. The summed E-state index contributed by atoms with van der Waals surface area (Å²) in [6.45, 7) is 16.5.